The molecule has 0 amide bonds. The van der Waals surface area contributed by atoms with Gasteiger partial charge in [0.15, 0.2) is 23.0 Å². The summed E-state index contributed by atoms with van der Waals surface area (Å²) in [4.78, 5) is 17.1. The molecule has 7 nitrogen and oxygen atoms in total. The van der Waals surface area contributed by atoms with Crippen molar-refractivity contribution >= 4 is 17.5 Å². The normalized spacial score (nSPS) is 10.8. The average molecular weight is 514 g/mol. The zero-order chi connectivity index (χ0) is 25.9. The molecule has 0 aliphatic carbocycles. The summed E-state index contributed by atoms with van der Waals surface area (Å²) in [7, 11) is 3.19. The molecule has 0 aliphatic heterocycles. The first-order valence-electron chi connectivity index (χ1n) is 12.2. The van der Waals surface area contributed by atoms with Crippen LogP contribution in [0, 0.1) is 6.92 Å². The minimum atomic E-state index is 0.234. The third kappa shape index (κ3) is 7.43. The monoisotopic (exact) mass is 513 g/mol. The maximum Gasteiger partial charge on any atom is 0.226 e. The van der Waals surface area contributed by atoms with Gasteiger partial charge in [-0.1, -0.05) is 6.07 Å². The first-order valence-corrected chi connectivity index (χ1v) is 13.3. The first kappa shape index (κ1) is 27.5. The standard InChI is InChI=1S/C28H35NO6S/c1-6-33-25-13-11-20(15-27(25)34-7-2)9-8-10-22(30)17-36-18-23-19(3)35-28(29-23)21-12-14-24(31-4)26(16-21)32-5/h11-16H,6-10,17-18H2,1-5H3. The fourth-order valence-electron chi connectivity index (χ4n) is 3.73. The number of nitrogens with zero attached hydrogens (tertiary/aromatic N) is 1. The van der Waals surface area contributed by atoms with E-state index < -0.39 is 0 Å². The van der Waals surface area contributed by atoms with E-state index in [1.54, 1.807) is 26.0 Å². The number of hydrogen-bond acceptors (Lipinski definition) is 8. The number of aromatic nitrogens is 1. The lowest BCUT2D eigenvalue weighted by atomic mass is 10.1. The van der Waals surface area contributed by atoms with Crippen LogP contribution >= 0.6 is 11.8 Å². The summed E-state index contributed by atoms with van der Waals surface area (Å²) in [5.74, 6) is 5.36. The zero-order valence-corrected chi connectivity index (χ0v) is 22.5. The fraction of sp³-hybridized carbons (Fsp3) is 0.429. The van der Waals surface area contributed by atoms with E-state index in [9.17, 15) is 4.79 Å². The molecule has 0 radical (unpaired) electrons. The summed E-state index contributed by atoms with van der Waals surface area (Å²) in [6.45, 7) is 6.98. The van der Waals surface area contributed by atoms with E-state index in [1.807, 2.05) is 57.2 Å². The van der Waals surface area contributed by atoms with E-state index in [2.05, 4.69) is 4.98 Å². The Kier molecular flexibility index (Phi) is 10.5. The van der Waals surface area contributed by atoms with Crippen molar-refractivity contribution in [2.45, 2.75) is 45.8 Å². The van der Waals surface area contributed by atoms with Gasteiger partial charge in [-0.15, -0.1) is 11.8 Å². The number of hydrogen-bond donors (Lipinski definition) is 0. The van der Waals surface area contributed by atoms with Crippen LogP contribution in [0.3, 0.4) is 0 Å². The Balaban J connectivity index is 1.47. The molecule has 36 heavy (non-hydrogen) atoms. The Morgan fingerprint density at radius 2 is 1.67 bits per heavy atom. The van der Waals surface area contributed by atoms with E-state index in [-0.39, 0.29) is 5.78 Å². The number of benzene rings is 2. The van der Waals surface area contributed by atoms with Gasteiger partial charge in [0.05, 0.1) is 38.9 Å². The minimum absolute atomic E-state index is 0.234. The number of Topliss-reactive ketones (excluding diaryl/α,β-unsaturated/α-hetero) is 1. The first-order chi connectivity index (χ1) is 17.5. The molecule has 0 bridgehead atoms. The Hall–Kier alpha value is -3.13. The van der Waals surface area contributed by atoms with Crippen molar-refractivity contribution in [2.75, 3.05) is 33.2 Å². The van der Waals surface area contributed by atoms with Gasteiger partial charge in [0, 0.05) is 17.7 Å². The molecular weight excluding hydrogens is 478 g/mol. The highest BCUT2D eigenvalue weighted by atomic mass is 32.2. The molecule has 0 saturated carbocycles. The number of methoxy groups -OCH3 is 2. The van der Waals surface area contributed by atoms with Crippen molar-refractivity contribution in [2.24, 2.45) is 0 Å². The fourth-order valence-corrected chi connectivity index (χ4v) is 4.66. The molecule has 0 saturated heterocycles. The Bertz CT molecular complexity index is 1140. The number of thioether (sulfide) groups is 1. The molecule has 0 spiro atoms. The molecule has 8 heteroatoms. The largest absolute Gasteiger partial charge is 0.493 e. The SMILES string of the molecule is CCOc1ccc(CCCC(=O)CSCc2nc(-c3ccc(OC)c(OC)c3)oc2C)cc1OCC. The van der Waals surface area contributed by atoms with Crippen molar-refractivity contribution in [1.82, 2.24) is 4.98 Å². The molecule has 3 aromatic rings. The maximum atomic E-state index is 12.4. The highest BCUT2D eigenvalue weighted by Gasteiger charge is 2.15. The molecule has 0 aliphatic rings. The number of ether oxygens (including phenoxy) is 4. The van der Waals surface area contributed by atoms with Gasteiger partial charge in [-0.25, -0.2) is 4.98 Å². The second-order valence-corrected chi connectivity index (χ2v) is 9.11. The average Bonchev–Trinajstić information content (AvgIpc) is 3.25. The Morgan fingerprint density at radius 1 is 0.944 bits per heavy atom. The number of carbonyl (C=O) groups is 1. The molecule has 2 aromatic carbocycles. The van der Waals surface area contributed by atoms with Crippen molar-refractivity contribution in [3.05, 3.63) is 53.4 Å². The van der Waals surface area contributed by atoms with Crippen molar-refractivity contribution in [1.29, 1.82) is 0 Å². The van der Waals surface area contributed by atoms with E-state index >= 15 is 0 Å². The highest BCUT2D eigenvalue weighted by Crippen LogP contribution is 2.33. The van der Waals surface area contributed by atoms with E-state index in [0.717, 1.165) is 46.9 Å². The molecule has 0 atom stereocenters. The summed E-state index contributed by atoms with van der Waals surface area (Å²) in [6.07, 6.45) is 2.16. The van der Waals surface area contributed by atoms with E-state index in [0.29, 0.717) is 48.5 Å². The van der Waals surface area contributed by atoms with Gasteiger partial charge >= 0.3 is 0 Å². The van der Waals surface area contributed by atoms with Crippen molar-refractivity contribution < 1.29 is 28.2 Å². The predicted octanol–water partition coefficient (Wildman–Crippen LogP) is 6.29. The summed E-state index contributed by atoms with van der Waals surface area (Å²) >= 11 is 1.56. The van der Waals surface area contributed by atoms with Crippen LogP contribution in [0.15, 0.2) is 40.8 Å². The minimum Gasteiger partial charge on any atom is -0.493 e. The second-order valence-electron chi connectivity index (χ2n) is 8.12. The molecule has 3 rings (SSSR count). The second kappa shape index (κ2) is 13.8. The third-order valence-corrected chi connectivity index (χ3v) is 6.56. The molecule has 0 fully saturated rings. The van der Waals surface area contributed by atoms with Gasteiger partial charge in [-0.05, 0) is 69.5 Å². The van der Waals surface area contributed by atoms with Gasteiger partial charge in [-0.2, -0.15) is 0 Å². The Labute approximate surface area is 217 Å². The summed E-state index contributed by atoms with van der Waals surface area (Å²) in [6, 6.07) is 11.5. The molecule has 1 aromatic heterocycles. The van der Waals surface area contributed by atoms with E-state index in [1.165, 1.54) is 0 Å². The van der Waals surface area contributed by atoms with Gasteiger partial charge in [0.1, 0.15) is 11.5 Å². The number of ketones is 1. The predicted molar refractivity (Wildman–Crippen MR) is 143 cm³/mol. The molecular formula is C28H35NO6S. The zero-order valence-electron chi connectivity index (χ0n) is 21.7. The highest BCUT2D eigenvalue weighted by molar-refractivity contribution is 7.99. The summed E-state index contributed by atoms with van der Waals surface area (Å²) < 4.78 is 27.8. The van der Waals surface area contributed by atoms with Crippen LogP contribution in [0.2, 0.25) is 0 Å². The van der Waals surface area contributed by atoms with Crippen molar-refractivity contribution in [3.8, 4) is 34.5 Å². The van der Waals surface area contributed by atoms with Crippen LogP contribution in [-0.2, 0) is 17.0 Å². The van der Waals surface area contributed by atoms with Crippen LogP contribution in [0.25, 0.3) is 11.5 Å². The van der Waals surface area contributed by atoms with Gasteiger partial charge in [0.25, 0.3) is 0 Å². The quantitative estimate of drug-likeness (QED) is 0.235. The van der Waals surface area contributed by atoms with Crippen LogP contribution in [0.1, 0.15) is 43.7 Å². The Morgan fingerprint density at radius 3 is 2.39 bits per heavy atom. The van der Waals surface area contributed by atoms with Crippen molar-refractivity contribution in [3.63, 3.8) is 0 Å². The number of carbonyl (C=O) groups excluding carboxylic acids is 1. The van der Waals surface area contributed by atoms with E-state index in [4.69, 9.17) is 23.4 Å². The summed E-state index contributed by atoms with van der Waals surface area (Å²) in [5.41, 5.74) is 2.79. The molecule has 1 heterocycles. The number of oxazole rings is 1. The van der Waals surface area contributed by atoms with Crippen LogP contribution in [0.5, 0.6) is 23.0 Å². The smallest absolute Gasteiger partial charge is 0.226 e. The van der Waals surface area contributed by atoms with Crippen LogP contribution < -0.4 is 18.9 Å². The van der Waals surface area contributed by atoms with Gasteiger partial charge < -0.3 is 23.4 Å². The lowest BCUT2D eigenvalue weighted by Crippen LogP contribution is -2.03. The molecule has 194 valence electrons. The van der Waals surface area contributed by atoms with Gasteiger partial charge in [0.2, 0.25) is 5.89 Å². The number of rotatable bonds is 15. The van der Waals surface area contributed by atoms with Crippen LogP contribution in [0.4, 0.5) is 0 Å². The van der Waals surface area contributed by atoms with Gasteiger partial charge in [-0.3, -0.25) is 4.79 Å². The lowest BCUT2D eigenvalue weighted by molar-refractivity contribution is -0.116. The summed E-state index contributed by atoms with van der Waals surface area (Å²) in [5, 5.41) is 0. The topological polar surface area (TPSA) is 80.0 Å². The van der Waals surface area contributed by atoms with Crippen LogP contribution in [-0.4, -0.2) is 44.0 Å². The molecule has 0 unspecified atom stereocenters. The number of aryl methyl sites for hydroxylation is 2. The lowest BCUT2D eigenvalue weighted by Gasteiger charge is -2.12. The molecule has 0 N–H and O–H groups in total. The maximum absolute atomic E-state index is 12.4. The third-order valence-electron chi connectivity index (χ3n) is 5.55.